The third-order valence-corrected chi connectivity index (χ3v) is 2.70. The summed E-state index contributed by atoms with van der Waals surface area (Å²) in [5.74, 6) is 0.387. The first-order valence-electron chi connectivity index (χ1n) is 6.09. The molecule has 2 N–H and O–H groups in total. The van der Waals surface area contributed by atoms with Crippen LogP contribution in [0.25, 0.3) is 11.3 Å². The van der Waals surface area contributed by atoms with Crippen LogP contribution >= 0.6 is 0 Å². The Morgan fingerprint density at radius 3 is 2.90 bits per heavy atom. The predicted octanol–water partition coefficient (Wildman–Crippen LogP) is 2.17. The smallest absolute Gasteiger partial charge is 0.243 e. The number of benzene rings is 1. The van der Waals surface area contributed by atoms with E-state index in [2.05, 4.69) is 26.6 Å². The summed E-state index contributed by atoms with van der Waals surface area (Å²) in [6.07, 6.45) is 1.58. The molecule has 0 radical (unpaired) electrons. The van der Waals surface area contributed by atoms with E-state index in [1.54, 1.807) is 19.2 Å². The minimum Gasteiger partial charge on any atom is -0.348 e. The second-order valence-corrected chi connectivity index (χ2v) is 4.44. The van der Waals surface area contributed by atoms with Gasteiger partial charge in [0.2, 0.25) is 5.95 Å². The van der Waals surface area contributed by atoms with E-state index in [4.69, 9.17) is 10.7 Å². The van der Waals surface area contributed by atoms with Crippen LogP contribution in [0.5, 0.6) is 0 Å². The van der Waals surface area contributed by atoms with Crippen LogP contribution in [-0.2, 0) is 0 Å². The van der Waals surface area contributed by atoms with Crippen molar-refractivity contribution in [2.75, 3.05) is 11.9 Å². The van der Waals surface area contributed by atoms with Gasteiger partial charge in [0, 0.05) is 11.3 Å². The van der Waals surface area contributed by atoms with Gasteiger partial charge in [-0.3, -0.25) is 0 Å². The summed E-state index contributed by atoms with van der Waals surface area (Å²) in [7, 11) is 0. The number of rotatable bonds is 4. The van der Waals surface area contributed by atoms with Crippen LogP contribution in [0.4, 0.5) is 5.95 Å². The Morgan fingerprint density at radius 1 is 1.45 bits per heavy atom. The molecule has 6 nitrogen and oxygen atoms in total. The van der Waals surface area contributed by atoms with Crippen LogP contribution in [-0.4, -0.2) is 27.4 Å². The summed E-state index contributed by atoms with van der Waals surface area (Å²) in [4.78, 5) is 4.37. The molecular formula is C14H14N6. The summed E-state index contributed by atoms with van der Waals surface area (Å²) >= 11 is 0. The second-order valence-electron chi connectivity index (χ2n) is 4.44. The van der Waals surface area contributed by atoms with Gasteiger partial charge < -0.3 is 10.7 Å². The lowest BCUT2D eigenvalue weighted by Gasteiger charge is -2.07. The Morgan fingerprint density at radius 2 is 2.25 bits per heavy atom. The van der Waals surface area contributed by atoms with Crippen LogP contribution in [0, 0.1) is 23.7 Å². The van der Waals surface area contributed by atoms with Crippen molar-refractivity contribution in [3.63, 3.8) is 0 Å². The molecule has 1 aromatic heterocycles. The van der Waals surface area contributed by atoms with Crippen molar-refractivity contribution in [2.24, 2.45) is 0 Å². The molecule has 0 spiro atoms. The number of aromatic nitrogens is 3. The Hall–Kier alpha value is -2.81. The molecule has 20 heavy (non-hydrogen) atoms. The SMILES string of the molecule is CC(=N)CNc1nncc(-c2ccc(C#N)cc2C)n1. The average Bonchev–Trinajstić information content (AvgIpc) is 2.45. The summed E-state index contributed by atoms with van der Waals surface area (Å²) in [6.45, 7) is 4.01. The van der Waals surface area contributed by atoms with Crippen molar-refractivity contribution in [3.8, 4) is 17.3 Å². The number of hydrogen-bond acceptors (Lipinski definition) is 6. The molecule has 2 rings (SSSR count). The number of nitriles is 1. The van der Waals surface area contributed by atoms with Gasteiger partial charge in [0.05, 0.1) is 30.1 Å². The molecule has 1 aromatic carbocycles. The first kappa shape index (κ1) is 13.6. The van der Waals surface area contributed by atoms with E-state index in [9.17, 15) is 0 Å². The lowest BCUT2D eigenvalue weighted by molar-refractivity contribution is 0.969. The number of nitrogens with one attached hydrogen (secondary N) is 2. The zero-order valence-corrected chi connectivity index (χ0v) is 11.3. The maximum absolute atomic E-state index is 8.87. The largest absolute Gasteiger partial charge is 0.348 e. The highest BCUT2D eigenvalue weighted by molar-refractivity contribution is 5.82. The van der Waals surface area contributed by atoms with Crippen molar-refractivity contribution >= 4 is 11.7 Å². The molecule has 2 aromatic rings. The molecule has 0 aliphatic rings. The standard InChI is InChI=1S/C14H14N6/c1-9-5-11(6-15)3-4-12(9)13-8-18-20-14(19-13)17-7-10(2)16/h3-5,8,16H,7H2,1-2H3,(H,17,19,20). The van der Waals surface area contributed by atoms with Crippen LogP contribution in [0.15, 0.2) is 24.4 Å². The average molecular weight is 266 g/mol. The van der Waals surface area contributed by atoms with Crippen LogP contribution < -0.4 is 5.32 Å². The molecule has 0 aliphatic carbocycles. The zero-order chi connectivity index (χ0) is 14.5. The van der Waals surface area contributed by atoms with E-state index in [0.717, 1.165) is 11.1 Å². The highest BCUT2D eigenvalue weighted by Crippen LogP contribution is 2.22. The van der Waals surface area contributed by atoms with E-state index in [1.165, 1.54) is 0 Å². The predicted molar refractivity (Wildman–Crippen MR) is 76.6 cm³/mol. The molecule has 1 heterocycles. The van der Waals surface area contributed by atoms with Gasteiger partial charge in [0.15, 0.2) is 0 Å². The normalized spacial score (nSPS) is 9.85. The van der Waals surface area contributed by atoms with E-state index in [0.29, 0.717) is 29.5 Å². The molecule has 0 aliphatic heterocycles. The Labute approximate surface area is 117 Å². The van der Waals surface area contributed by atoms with Crippen LogP contribution in [0.1, 0.15) is 18.1 Å². The summed E-state index contributed by atoms with van der Waals surface area (Å²) in [5.41, 5.74) is 3.67. The maximum Gasteiger partial charge on any atom is 0.243 e. The summed E-state index contributed by atoms with van der Waals surface area (Å²) in [6, 6.07) is 7.52. The minimum atomic E-state index is 0.386. The van der Waals surface area contributed by atoms with Crippen molar-refractivity contribution < 1.29 is 0 Å². The zero-order valence-electron chi connectivity index (χ0n) is 11.3. The van der Waals surface area contributed by atoms with Gasteiger partial charge in [-0.1, -0.05) is 6.07 Å². The molecule has 0 saturated carbocycles. The van der Waals surface area contributed by atoms with Gasteiger partial charge in [0.25, 0.3) is 0 Å². The Balaban J connectivity index is 2.31. The fourth-order valence-corrected chi connectivity index (χ4v) is 1.74. The molecule has 0 amide bonds. The number of nitrogens with zero attached hydrogens (tertiary/aromatic N) is 4. The van der Waals surface area contributed by atoms with E-state index >= 15 is 0 Å². The quantitative estimate of drug-likeness (QED) is 0.826. The van der Waals surface area contributed by atoms with Gasteiger partial charge in [-0.15, -0.1) is 5.10 Å². The first-order chi connectivity index (χ1) is 9.60. The number of anilines is 1. The first-order valence-corrected chi connectivity index (χ1v) is 6.09. The number of aryl methyl sites for hydroxylation is 1. The molecular weight excluding hydrogens is 252 g/mol. The molecule has 6 heteroatoms. The summed E-state index contributed by atoms with van der Waals surface area (Å²) in [5, 5.41) is 27.0. The van der Waals surface area contributed by atoms with Gasteiger partial charge >= 0.3 is 0 Å². The van der Waals surface area contributed by atoms with Gasteiger partial charge in [-0.05, 0) is 31.5 Å². The van der Waals surface area contributed by atoms with Crippen LogP contribution in [0.2, 0.25) is 0 Å². The molecule has 0 atom stereocenters. The molecule has 0 fully saturated rings. The monoisotopic (exact) mass is 266 g/mol. The third-order valence-electron chi connectivity index (χ3n) is 2.70. The molecule has 0 bridgehead atoms. The highest BCUT2D eigenvalue weighted by atomic mass is 15.2. The lowest BCUT2D eigenvalue weighted by Crippen LogP contribution is -2.12. The summed E-state index contributed by atoms with van der Waals surface area (Å²) < 4.78 is 0. The van der Waals surface area contributed by atoms with E-state index in [1.807, 2.05) is 19.1 Å². The fourth-order valence-electron chi connectivity index (χ4n) is 1.74. The van der Waals surface area contributed by atoms with Gasteiger partial charge in [0.1, 0.15) is 0 Å². The highest BCUT2D eigenvalue weighted by Gasteiger charge is 2.07. The molecule has 0 saturated heterocycles. The molecule has 100 valence electrons. The van der Waals surface area contributed by atoms with Gasteiger partial charge in [-0.25, -0.2) is 4.98 Å². The maximum atomic E-state index is 8.87. The van der Waals surface area contributed by atoms with Crippen molar-refractivity contribution in [2.45, 2.75) is 13.8 Å². The van der Waals surface area contributed by atoms with Gasteiger partial charge in [-0.2, -0.15) is 10.4 Å². The lowest BCUT2D eigenvalue weighted by atomic mass is 10.0. The van der Waals surface area contributed by atoms with Crippen LogP contribution in [0.3, 0.4) is 0 Å². The minimum absolute atomic E-state index is 0.386. The Bertz CT molecular complexity index is 686. The Kier molecular flexibility index (Phi) is 4.01. The fraction of sp³-hybridized carbons (Fsp3) is 0.214. The second kappa shape index (κ2) is 5.89. The topological polar surface area (TPSA) is 98.3 Å². The van der Waals surface area contributed by atoms with Crippen molar-refractivity contribution in [3.05, 3.63) is 35.5 Å². The van der Waals surface area contributed by atoms with Crippen molar-refractivity contribution in [1.29, 1.82) is 10.7 Å². The number of hydrogen-bond donors (Lipinski definition) is 2. The third kappa shape index (κ3) is 3.14. The van der Waals surface area contributed by atoms with E-state index < -0.39 is 0 Å². The molecule has 0 unspecified atom stereocenters. The van der Waals surface area contributed by atoms with Crippen molar-refractivity contribution in [1.82, 2.24) is 15.2 Å². The van der Waals surface area contributed by atoms with E-state index in [-0.39, 0.29) is 0 Å².